The highest BCUT2D eigenvalue weighted by Crippen LogP contribution is 2.27. The molecule has 0 aliphatic heterocycles. The topological polar surface area (TPSA) is 25.8 Å². The van der Waals surface area contributed by atoms with Crippen molar-refractivity contribution in [3.8, 4) is 0 Å². The molecule has 0 N–H and O–H groups in total. The number of thiophene rings is 1. The van der Waals surface area contributed by atoms with Crippen molar-refractivity contribution in [3.05, 3.63) is 17.8 Å². The normalized spacial score (nSPS) is 10.8. The molecule has 0 aliphatic rings. The average Bonchev–Trinajstić information content (AvgIpc) is 2.62. The number of aromatic nitrogens is 2. The van der Waals surface area contributed by atoms with E-state index in [9.17, 15) is 4.39 Å². The van der Waals surface area contributed by atoms with Crippen LogP contribution >= 0.6 is 23.1 Å². The monoisotopic (exact) mass is 214 g/mol. The fourth-order valence-corrected chi connectivity index (χ4v) is 2.53. The summed E-state index contributed by atoms with van der Waals surface area (Å²) in [5.41, 5.74) is 0. The molecule has 0 saturated heterocycles. The predicted octanol–water partition coefficient (Wildman–Crippen LogP) is 2.75. The lowest BCUT2D eigenvalue weighted by molar-refractivity contribution is 0.532. The molecule has 0 radical (unpaired) electrons. The number of hydrogen-bond donors (Lipinski definition) is 0. The minimum atomic E-state index is -0.319. The molecule has 5 heteroatoms. The number of thioether (sulfide) groups is 1. The fraction of sp³-hybridized carbons (Fsp3) is 0.250. The van der Waals surface area contributed by atoms with Gasteiger partial charge in [-0.05, 0) is 11.4 Å². The molecule has 2 aromatic heterocycles. The van der Waals surface area contributed by atoms with E-state index in [1.807, 2.05) is 11.4 Å². The number of hydrogen-bond acceptors (Lipinski definition) is 4. The second kappa shape index (κ2) is 4.02. The summed E-state index contributed by atoms with van der Waals surface area (Å²) in [4.78, 5) is 9.19. The Kier molecular flexibility index (Phi) is 2.75. The SMILES string of the molecule is FCCSc1ncnc2sccc12. The molecular formula is C8H7FN2S2. The first-order valence-electron chi connectivity index (χ1n) is 3.79. The highest BCUT2D eigenvalue weighted by molar-refractivity contribution is 7.99. The predicted molar refractivity (Wildman–Crippen MR) is 54.1 cm³/mol. The van der Waals surface area contributed by atoms with Gasteiger partial charge in [0.05, 0.1) is 6.67 Å². The number of fused-ring (bicyclic) bond motifs is 1. The van der Waals surface area contributed by atoms with Gasteiger partial charge in [0.15, 0.2) is 0 Å². The van der Waals surface area contributed by atoms with Crippen molar-refractivity contribution < 1.29 is 4.39 Å². The standard InChI is InChI=1S/C8H7FN2S2/c9-2-4-13-8-6-1-3-12-7(6)10-5-11-8/h1,3,5H,2,4H2. The first-order chi connectivity index (χ1) is 6.42. The van der Waals surface area contributed by atoms with Gasteiger partial charge in [-0.1, -0.05) is 0 Å². The van der Waals surface area contributed by atoms with E-state index in [0.717, 1.165) is 15.2 Å². The quantitative estimate of drug-likeness (QED) is 0.580. The Hall–Kier alpha value is -0.680. The molecule has 0 spiro atoms. The molecule has 0 aromatic carbocycles. The number of nitrogens with zero attached hydrogens (tertiary/aromatic N) is 2. The molecule has 0 fully saturated rings. The van der Waals surface area contributed by atoms with Gasteiger partial charge < -0.3 is 0 Å². The van der Waals surface area contributed by atoms with E-state index < -0.39 is 0 Å². The van der Waals surface area contributed by atoms with Crippen molar-refractivity contribution in [2.75, 3.05) is 12.4 Å². The summed E-state index contributed by atoms with van der Waals surface area (Å²) in [6.45, 7) is -0.319. The van der Waals surface area contributed by atoms with Crippen LogP contribution in [0.2, 0.25) is 0 Å². The van der Waals surface area contributed by atoms with E-state index in [0.29, 0.717) is 5.75 Å². The Labute approximate surface area is 83.2 Å². The molecule has 0 atom stereocenters. The number of halogens is 1. The van der Waals surface area contributed by atoms with E-state index in [4.69, 9.17) is 0 Å². The van der Waals surface area contributed by atoms with Crippen LogP contribution in [-0.2, 0) is 0 Å². The van der Waals surface area contributed by atoms with E-state index in [1.165, 1.54) is 18.1 Å². The maximum Gasteiger partial charge on any atom is 0.127 e. The molecule has 2 aromatic rings. The molecule has 13 heavy (non-hydrogen) atoms. The number of rotatable bonds is 3. The van der Waals surface area contributed by atoms with Gasteiger partial charge in [0.2, 0.25) is 0 Å². The van der Waals surface area contributed by atoms with Gasteiger partial charge in [-0.3, -0.25) is 4.39 Å². The van der Waals surface area contributed by atoms with Crippen LogP contribution < -0.4 is 0 Å². The molecule has 0 amide bonds. The van der Waals surface area contributed by atoms with E-state index in [-0.39, 0.29) is 6.67 Å². The first kappa shape index (κ1) is 8.90. The lowest BCUT2D eigenvalue weighted by Gasteiger charge is -1.97. The summed E-state index contributed by atoms with van der Waals surface area (Å²) in [6, 6.07) is 1.97. The summed E-state index contributed by atoms with van der Waals surface area (Å²) in [6.07, 6.45) is 1.53. The van der Waals surface area contributed by atoms with Crippen LogP contribution in [0.4, 0.5) is 4.39 Å². The van der Waals surface area contributed by atoms with Crippen LogP contribution in [-0.4, -0.2) is 22.4 Å². The Bertz CT molecular complexity index is 402. The Morgan fingerprint density at radius 2 is 2.38 bits per heavy atom. The first-order valence-corrected chi connectivity index (χ1v) is 5.65. The minimum absolute atomic E-state index is 0.319. The average molecular weight is 214 g/mol. The van der Waals surface area contributed by atoms with Gasteiger partial charge in [-0.2, -0.15) is 0 Å². The third-order valence-corrected chi connectivity index (χ3v) is 3.32. The van der Waals surface area contributed by atoms with Gasteiger partial charge in [-0.15, -0.1) is 23.1 Å². The van der Waals surface area contributed by atoms with Crippen LogP contribution in [0.25, 0.3) is 10.2 Å². The van der Waals surface area contributed by atoms with Crippen LogP contribution in [0.15, 0.2) is 22.8 Å². The largest absolute Gasteiger partial charge is 0.250 e. The lowest BCUT2D eigenvalue weighted by Crippen LogP contribution is -1.86. The third kappa shape index (κ3) is 1.81. The fourth-order valence-electron chi connectivity index (χ4n) is 1.02. The van der Waals surface area contributed by atoms with Crippen molar-refractivity contribution in [1.82, 2.24) is 9.97 Å². The molecule has 2 rings (SSSR count). The maximum absolute atomic E-state index is 11.9. The third-order valence-electron chi connectivity index (χ3n) is 1.54. The highest BCUT2D eigenvalue weighted by Gasteiger charge is 2.04. The van der Waals surface area contributed by atoms with Crippen molar-refractivity contribution >= 4 is 33.3 Å². The van der Waals surface area contributed by atoms with Crippen LogP contribution in [0.3, 0.4) is 0 Å². The van der Waals surface area contributed by atoms with Crippen LogP contribution in [0.5, 0.6) is 0 Å². The van der Waals surface area contributed by atoms with Gasteiger partial charge in [0.25, 0.3) is 0 Å². The van der Waals surface area contributed by atoms with Gasteiger partial charge in [-0.25, -0.2) is 9.97 Å². The molecule has 0 aliphatic carbocycles. The molecule has 2 nitrogen and oxygen atoms in total. The summed E-state index contributed by atoms with van der Waals surface area (Å²) >= 11 is 3.01. The Morgan fingerprint density at radius 1 is 1.46 bits per heavy atom. The molecular weight excluding hydrogens is 207 g/mol. The van der Waals surface area contributed by atoms with E-state index in [1.54, 1.807) is 11.3 Å². The Morgan fingerprint density at radius 3 is 3.23 bits per heavy atom. The van der Waals surface area contributed by atoms with Crippen LogP contribution in [0.1, 0.15) is 0 Å². The van der Waals surface area contributed by atoms with Crippen molar-refractivity contribution in [1.29, 1.82) is 0 Å². The second-order valence-electron chi connectivity index (χ2n) is 2.36. The zero-order valence-corrected chi connectivity index (χ0v) is 8.37. The minimum Gasteiger partial charge on any atom is -0.250 e. The van der Waals surface area contributed by atoms with Crippen LogP contribution in [0, 0.1) is 0 Å². The van der Waals surface area contributed by atoms with E-state index >= 15 is 0 Å². The molecule has 2 heterocycles. The van der Waals surface area contributed by atoms with Gasteiger partial charge in [0.1, 0.15) is 16.2 Å². The summed E-state index contributed by atoms with van der Waals surface area (Å²) < 4.78 is 11.9. The van der Waals surface area contributed by atoms with Crippen molar-refractivity contribution in [2.45, 2.75) is 5.03 Å². The summed E-state index contributed by atoms with van der Waals surface area (Å²) in [5.74, 6) is 0.460. The molecule has 68 valence electrons. The lowest BCUT2D eigenvalue weighted by atomic mass is 10.4. The Balaban J connectivity index is 2.37. The van der Waals surface area contributed by atoms with Crippen molar-refractivity contribution in [3.63, 3.8) is 0 Å². The zero-order chi connectivity index (χ0) is 9.10. The van der Waals surface area contributed by atoms with Gasteiger partial charge in [0, 0.05) is 11.1 Å². The summed E-state index contributed by atoms with van der Waals surface area (Å²) in [7, 11) is 0. The molecule has 0 bridgehead atoms. The number of alkyl halides is 1. The molecule has 0 unspecified atom stereocenters. The summed E-state index contributed by atoms with van der Waals surface area (Å²) in [5, 5.41) is 3.88. The zero-order valence-electron chi connectivity index (χ0n) is 6.74. The second-order valence-corrected chi connectivity index (χ2v) is 4.33. The molecule has 0 saturated carbocycles. The van der Waals surface area contributed by atoms with Crippen molar-refractivity contribution in [2.24, 2.45) is 0 Å². The maximum atomic E-state index is 11.9. The van der Waals surface area contributed by atoms with Gasteiger partial charge >= 0.3 is 0 Å². The highest BCUT2D eigenvalue weighted by atomic mass is 32.2. The smallest absolute Gasteiger partial charge is 0.127 e. The van der Waals surface area contributed by atoms with E-state index in [2.05, 4.69) is 9.97 Å².